The van der Waals surface area contributed by atoms with Gasteiger partial charge >= 0.3 is 0 Å². The zero-order valence-electron chi connectivity index (χ0n) is 10.0. The number of benzene rings is 1. The van der Waals surface area contributed by atoms with Crippen LogP contribution in [-0.2, 0) is 6.54 Å². The lowest BCUT2D eigenvalue weighted by Crippen LogP contribution is -2.28. The van der Waals surface area contributed by atoms with Crippen molar-refractivity contribution < 1.29 is 4.79 Å². The Morgan fingerprint density at radius 3 is 2.89 bits per heavy atom. The van der Waals surface area contributed by atoms with Crippen molar-refractivity contribution in [2.24, 2.45) is 0 Å². The largest absolute Gasteiger partial charge is 0.348 e. The molecule has 94 valence electrons. The van der Waals surface area contributed by atoms with Gasteiger partial charge < -0.3 is 10.3 Å². The highest BCUT2D eigenvalue weighted by Crippen LogP contribution is 2.04. The molecule has 0 bridgehead atoms. The van der Waals surface area contributed by atoms with E-state index in [-0.39, 0.29) is 12.1 Å². The predicted molar refractivity (Wildman–Crippen MR) is 69.4 cm³/mol. The zero-order valence-corrected chi connectivity index (χ0v) is 10.0. The molecule has 0 saturated heterocycles. The fourth-order valence-corrected chi connectivity index (χ4v) is 1.63. The highest BCUT2D eigenvalue weighted by molar-refractivity contribution is 5.93. The van der Waals surface area contributed by atoms with Gasteiger partial charge in [-0.1, -0.05) is 12.1 Å². The molecule has 0 aliphatic heterocycles. The second kappa shape index (κ2) is 5.65. The minimum atomic E-state index is -0.441. The Labute approximate surface area is 109 Å². The molecule has 0 aliphatic rings. The van der Waals surface area contributed by atoms with E-state index in [4.69, 9.17) is 5.26 Å². The van der Waals surface area contributed by atoms with Crippen LogP contribution in [0.25, 0.3) is 0 Å². The van der Waals surface area contributed by atoms with E-state index in [2.05, 4.69) is 10.3 Å². The number of carbonyl (C=O) groups excluding carboxylic acids is 1. The molecule has 0 radical (unpaired) electrons. The van der Waals surface area contributed by atoms with Gasteiger partial charge in [0.15, 0.2) is 0 Å². The smallest absolute Gasteiger partial charge is 0.260 e. The summed E-state index contributed by atoms with van der Waals surface area (Å²) in [5, 5.41) is 11.4. The Kier molecular flexibility index (Phi) is 3.74. The van der Waals surface area contributed by atoms with E-state index in [1.165, 1.54) is 12.3 Å². The Bertz CT molecular complexity index is 698. The molecule has 2 rings (SSSR count). The van der Waals surface area contributed by atoms with Crippen molar-refractivity contribution in [1.29, 1.82) is 5.26 Å². The predicted octanol–water partition coefficient (Wildman–Crippen LogP) is 1.18. The van der Waals surface area contributed by atoms with Crippen LogP contribution in [0.2, 0.25) is 0 Å². The number of carbonyl (C=O) groups is 1. The highest BCUT2D eigenvalue weighted by Gasteiger charge is 2.08. The van der Waals surface area contributed by atoms with Crippen LogP contribution in [-0.4, -0.2) is 10.9 Å². The van der Waals surface area contributed by atoms with Gasteiger partial charge in [-0.25, -0.2) is 0 Å². The number of hydrogen-bond acceptors (Lipinski definition) is 3. The number of amides is 1. The Balaban J connectivity index is 2.07. The summed E-state index contributed by atoms with van der Waals surface area (Å²) in [4.78, 5) is 25.6. The Morgan fingerprint density at radius 2 is 2.16 bits per heavy atom. The molecule has 0 aliphatic carbocycles. The molecule has 2 aromatic rings. The average Bonchev–Trinajstić information content (AvgIpc) is 2.45. The van der Waals surface area contributed by atoms with Crippen molar-refractivity contribution in [1.82, 2.24) is 10.3 Å². The van der Waals surface area contributed by atoms with Gasteiger partial charge in [0.1, 0.15) is 5.56 Å². The lowest BCUT2D eigenvalue weighted by molar-refractivity contribution is 0.0949. The fraction of sp³-hybridized carbons (Fsp3) is 0.0714. The van der Waals surface area contributed by atoms with Gasteiger partial charge in [-0.3, -0.25) is 9.59 Å². The molecule has 0 atom stereocenters. The summed E-state index contributed by atoms with van der Waals surface area (Å²) in [6.07, 6.45) is 1.47. The maximum absolute atomic E-state index is 11.8. The third-order valence-corrected chi connectivity index (χ3v) is 2.57. The van der Waals surface area contributed by atoms with Crippen LogP contribution in [0.4, 0.5) is 0 Å². The van der Waals surface area contributed by atoms with Crippen molar-refractivity contribution in [3.63, 3.8) is 0 Å². The number of nitrogens with one attached hydrogen (secondary N) is 2. The molecule has 1 aromatic carbocycles. The number of nitriles is 1. The molecule has 0 spiro atoms. The van der Waals surface area contributed by atoms with Gasteiger partial charge in [-0.15, -0.1) is 0 Å². The maximum Gasteiger partial charge on any atom is 0.260 e. The van der Waals surface area contributed by atoms with Gasteiger partial charge in [0.2, 0.25) is 0 Å². The molecule has 0 unspecified atom stereocenters. The molecule has 2 N–H and O–H groups in total. The molecule has 1 heterocycles. The highest BCUT2D eigenvalue weighted by atomic mass is 16.2. The number of aromatic amines is 1. The molecule has 0 fully saturated rings. The van der Waals surface area contributed by atoms with Crippen LogP contribution in [0, 0.1) is 11.3 Å². The van der Waals surface area contributed by atoms with Crippen LogP contribution >= 0.6 is 0 Å². The van der Waals surface area contributed by atoms with Crippen molar-refractivity contribution in [3.05, 3.63) is 69.6 Å². The first-order valence-corrected chi connectivity index (χ1v) is 5.65. The first kappa shape index (κ1) is 12.6. The van der Waals surface area contributed by atoms with Crippen molar-refractivity contribution in [3.8, 4) is 6.07 Å². The lowest BCUT2D eigenvalue weighted by Gasteiger charge is -2.04. The number of aromatic nitrogens is 1. The van der Waals surface area contributed by atoms with Crippen LogP contribution in [0.5, 0.6) is 0 Å². The van der Waals surface area contributed by atoms with E-state index in [9.17, 15) is 9.59 Å². The maximum atomic E-state index is 11.8. The summed E-state index contributed by atoms with van der Waals surface area (Å²) in [6.45, 7) is 0.267. The number of nitrogens with zero attached hydrogens (tertiary/aromatic N) is 1. The average molecular weight is 253 g/mol. The van der Waals surface area contributed by atoms with Gasteiger partial charge in [-0.2, -0.15) is 5.26 Å². The van der Waals surface area contributed by atoms with Crippen LogP contribution in [0.1, 0.15) is 21.5 Å². The summed E-state index contributed by atoms with van der Waals surface area (Å²) in [6, 6.07) is 12.0. The quantitative estimate of drug-likeness (QED) is 0.861. The second-order valence-corrected chi connectivity index (χ2v) is 3.91. The number of pyridine rings is 1. The summed E-state index contributed by atoms with van der Waals surface area (Å²) in [5.74, 6) is -0.441. The third-order valence-electron chi connectivity index (χ3n) is 2.57. The van der Waals surface area contributed by atoms with Crippen molar-refractivity contribution in [2.45, 2.75) is 6.54 Å². The van der Waals surface area contributed by atoms with Crippen LogP contribution < -0.4 is 10.9 Å². The van der Waals surface area contributed by atoms with Crippen LogP contribution in [0.15, 0.2) is 47.4 Å². The van der Waals surface area contributed by atoms with Crippen LogP contribution in [0.3, 0.4) is 0 Å². The van der Waals surface area contributed by atoms with E-state index < -0.39 is 11.5 Å². The molecule has 19 heavy (non-hydrogen) atoms. The van der Waals surface area contributed by atoms with Crippen molar-refractivity contribution >= 4 is 5.91 Å². The molecule has 5 nitrogen and oxygen atoms in total. The summed E-state index contributed by atoms with van der Waals surface area (Å²) >= 11 is 0. The standard InChI is InChI=1S/C14H11N3O2/c15-8-10-3-1-4-11(7-10)9-17-14(19)12-5-2-6-16-13(12)18/h1-7H,9H2,(H,16,18)(H,17,19). The van der Waals surface area contributed by atoms with E-state index in [1.54, 1.807) is 30.3 Å². The Morgan fingerprint density at radius 1 is 1.32 bits per heavy atom. The summed E-state index contributed by atoms with van der Waals surface area (Å²) < 4.78 is 0. The summed E-state index contributed by atoms with van der Waals surface area (Å²) in [5.41, 5.74) is 0.980. The molecule has 1 aromatic heterocycles. The lowest BCUT2D eigenvalue weighted by atomic mass is 10.1. The first-order chi connectivity index (χ1) is 9.20. The first-order valence-electron chi connectivity index (χ1n) is 5.65. The SMILES string of the molecule is N#Cc1cccc(CNC(=O)c2ccc[nH]c2=O)c1. The third kappa shape index (κ3) is 3.07. The molecule has 1 amide bonds. The van der Waals surface area contributed by atoms with E-state index in [0.717, 1.165) is 5.56 Å². The van der Waals surface area contributed by atoms with Gasteiger partial charge in [0.25, 0.3) is 11.5 Å². The minimum Gasteiger partial charge on any atom is -0.348 e. The minimum absolute atomic E-state index is 0.0685. The molecular weight excluding hydrogens is 242 g/mol. The number of hydrogen-bond donors (Lipinski definition) is 2. The fourth-order valence-electron chi connectivity index (χ4n) is 1.63. The van der Waals surface area contributed by atoms with E-state index >= 15 is 0 Å². The zero-order chi connectivity index (χ0) is 13.7. The number of rotatable bonds is 3. The van der Waals surface area contributed by atoms with Crippen molar-refractivity contribution in [2.75, 3.05) is 0 Å². The number of H-pyrrole nitrogens is 1. The van der Waals surface area contributed by atoms with Gasteiger partial charge in [-0.05, 0) is 29.8 Å². The molecule has 0 saturated carbocycles. The van der Waals surface area contributed by atoms with Gasteiger partial charge in [0.05, 0.1) is 11.6 Å². The topological polar surface area (TPSA) is 85.8 Å². The monoisotopic (exact) mass is 253 g/mol. The molecular formula is C14H11N3O2. The molecule has 5 heteroatoms. The second-order valence-electron chi connectivity index (χ2n) is 3.91. The normalized spacial score (nSPS) is 9.63. The van der Waals surface area contributed by atoms with Gasteiger partial charge in [0, 0.05) is 12.7 Å². The summed E-state index contributed by atoms with van der Waals surface area (Å²) in [7, 11) is 0. The van der Waals surface area contributed by atoms with E-state index in [0.29, 0.717) is 5.56 Å². The van der Waals surface area contributed by atoms with E-state index in [1.807, 2.05) is 6.07 Å². The Hall–Kier alpha value is -2.87.